The molecule has 0 spiro atoms. The molecule has 1 fully saturated rings. The maximum atomic E-state index is 13.1. The molecule has 0 aliphatic carbocycles. The molecular formula is C23H29N3O2. The van der Waals surface area contributed by atoms with Crippen molar-refractivity contribution in [1.29, 1.82) is 0 Å². The molecule has 28 heavy (non-hydrogen) atoms. The van der Waals surface area contributed by atoms with Gasteiger partial charge in [0.15, 0.2) is 0 Å². The summed E-state index contributed by atoms with van der Waals surface area (Å²) < 4.78 is 0. The lowest BCUT2D eigenvalue weighted by molar-refractivity contribution is 0.0689. The van der Waals surface area contributed by atoms with Gasteiger partial charge in [-0.2, -0.15) is 0 Å². The van der Waals surface area contributed by atoms with Gasteiger partial charge in [-0.05, 0) is 44.2 Å². The molecule has 0 unspecified atom stereocenters. The lowest BCUT2D eigenvalue weighted by Gasteiger charge is -2.30. The van der Waals surface area contributed by atoms with Crippen LogP contribution in [0.1, 0.15) is 59.9 Å². The van der Waals surface area contributed by atoms with E-state index in [1.54, 1.807) is 18.5 Å². The Kier molecular flexibility index (Phi) is 6.45. The summed E-state index contributed by atoms with van der Waals surface area (Å²) in [5.41, 5.74) is 2.02. The predicted octanol–water partition coefficient (Wildman–Crippen LogP) is 4.00. The number of hydrogen-bond acceptors (Lipinski definition) is 3. The van der Waals surface area contributed by atoms with Gasteiger partial charge in [0.2, 0.25) is 0 Å². The van der Waals surface area contributed by atoms with Gasteiger partial charge in [0.05, 0.1) is 11.1 Å². The van der Waals surface area contributed by atoms with Crippen LogP contribution in [-0.2, 0) is 6.54 Å². The number of piperidine rings is 1. The second-order valence-electron chi connectivity index (χ2n) is 7.95. The lowest BCUT2D eigenvalue weighted by Crippen LogP contribution is -2.38. The van der Waals surface area contributed by atoms with Crippen LogP contribution >= 0.6 is 0 Å². The number of nitrogens with zero attached hydrogens (tertiary/aromatic N) is 3. The number of amides is 2. The molecule has 2 heterocycles. The molecule has 1 aliphatic heterocycles. The minimum atomic E-state index is -0.103. The SMILES string of the molecule is CC1CCN(C(=O)c2cncc(C(=O)N(Cc3ccccc3)C(C)C)c2)CC1. The van der Waals surface area contributed by atoms with Crippen LogP contribution in [-0.4, -0.2) is 45.7 Å². The fourth-order valence-electron chi connectivity index (χ4n) is 3.50. The first kappa shape index (κ1) is 20.1. The van der Waals surface area contributed by atoms with Crippen LogP contribution < -0.4 is 0 Å². The van der Waals surface area contributed by atoms with Crippen LogP contribution in [0.15, 0.2) is 48.8 Å². The number of benzene rings is 1. The van der Waals surface area contributed by atoms with E-state index in [2.05, 4.69) is 11.9 Å². The zero-order valence-corrected chi connectivity index (χ0v) is 17.0. The van der Waals surface area contributed by atoms with E-state index >= 15 is 0 Å². The zero-order chi connectivity index (χ0) is 20.1. The Morgan fingerprint density at radius 1 is 1.11 bits per heavy atom. The van der Waals surface area contributed by atoms with Crippen molar-refractivity contribution in [1.82, 2.24) is 14.8 Å². The van der Waals surface area contributed by atoms with Crippen LogP contribution in [0, 0.1) is 5.92 Å². The second kappa shape index (κ2) is 9.00. The molecule has 0 atom stereocenters. The fourth-order valence-corrected chi connectivity index (χ4v) is 3.50. The quantitative estimate of drug-likeness (QED) is 0.789. The summed E-state index contributed by atoms with van der Waals surface area (Å²) in [5.74, 6) is 0.522. The molecule has 2 amide bonds. The summed E-state index contributed by atoms with van der Waals surface area (Å²) >= 11 is 0. The average molecular weight is 380 g/mol. The van der Waals surface area contributed by atoms with Crippen molar-refractivity contribution < 1.29 is 9.59 Å². The lowest BCUT2D eigenvalue weighted by atomic mass is 9.98. The summed E-state index contributed by atoms with van der Waals surface area (Å²) in [5, 5.41) is 0. The number of carbonyl (C=O) groups is 2. The zero-order valence-electron chi connectivity index (χ0n) is 17.0. The first-order valence-corrected chi connectivity index (χ1v) is 10.0. The van der Waals surface area contributed by atoms with E-state index in [4.69, 9.17) is 0 Å². The highest BCUT2D eigenvalue weighted by atomic mass is 16.2. The molecule has 1 aromatic heterocycles. The summed E-state index contributed by atoms with van der Waals surface area (Å²) in [6.07, 6.45) is 5.16. The van der Waals surface area contributed by atoms with Gasteiger partial charge in [0, 0.05) is 38.1 Å². The van der Waals surface area contributed by atoms with Gasteiger partial charge in [-0.1, -0.05) is 37.3 Å². The van der Waals surface area contributed by atoms with E-state index in [-0.39, 0.29) is 17.9 Å². The third-order valence-corrected chi connectivity index (χ3v) is 5.38. The van der Waals surface area contributed by atoms with Gasteiger partial charge in [-0.3, -0.25) is 14.6 Å². The van der Waals surface area contributed by atoms with E-state index < -0.39 is 0 Å². The Hall–Kier alpha value is -2.69. The molecular weight excluding hydrogens is 350 g/mol. The molecule has 5 nitrogen and oxygen atoms in total. The summed E-state index contributed by atoms with van der Waals surface area (Å²) in [7, 11) is 0. The highest BCUT2D eigenvalue weighted by molar-refractivity contribution is 5.99. The van der Waals surface area contributed by atoms with Crippen LogP contribution in [0.3, 0.4) is 0 Å². The maximum absolute atomic E-state index is 13.1. The average Bonchev–Trinajstić information content (AvgIpc) is 2.72. The van der Waals surface area contributed by atoms with E-state index in [1.165, 1.54) is 0 Å². The minimum absolute atomic E-state index is 0.0341. The Bertz CT molecular complexity index is 812. The fraction of sp³-hybridized carbons (Fsp3) is 0.435. The summed E-state index contributed by atoms with van der Waals surface area (Å²) in [6, 6.07) is 11.7. The molecule has 148 valence electrons. The highest BCUT2D eigenvalue weighted by Crippen LogP contribution is 2.19. The molecule has 2 aromatic rings. The van der Waals surface area contributed by atoms with Crippen molar-refractivity contribution in [3.63, 3.8) is 0 Å². The van der Waals surface area contributed by atoms with Gasteiger partial charge in [-0.15, -0.1) is 0 Å². The van der Waals surface area contributed by atoms with Crippen molar-refractivity contribution in [3.05, 3.63) is 65.5 Å². The first-order valence-electron chi connectivity index (χ1n) is 10.0. The first-order chi connectivity index (χ1) is 13.5. The molecule has 1 saturated heterocycles. The minimum Gasteiger partial charge on any atom is -0.339 e. The van der Waals surface area contributed by atoms with Gasteiger partial charge >= 0.3 is 0 Å². The highest BCUT2D eigenvalue weighted by Gasteiger charge is 2.24. The van der Waals surface area contributed by atoms with Gasteiger partial charge in [0.25, 0.3) is 11.8 Å². The smallest absolute Gasteiger partial charge is 0.255 e. The normalized spacial score (nSPS) is 14.9. The van der Waals surface area contributed by atoms with Crippen molar-refractivity contribution in [2.75, 3.05) is 13.1 Å². The molecule has 0 N–H and O–H groups in total. The molecule has 3 rings (SSSR count). The number of aromatic nitrogens is 1. The van der Waals surface area contributed by atoms with Crippen LogP contribution in [0.5, 0.6) is 0 Å². The molecule has 0 radical (unpaired) electrons. The van der Waals surface area contributed by atoms with E-state index in [0.717, 1.165) is 31.5 Å². The number of rotatable bonds is 5. The van der Waals surface area contributed by atoms with Crippen molar-refractivity contribution in [2.24, 2.45) is 5.92 Å². The second-order valence-corrected chi connectivity index (χ2v) is 7.95. The maximum Gasteiger partial charge on any atom is 0.255 e. The topological polar surface area (TPSA) is 53.5 Å². The van der Waals surface area contributed by atoms with E-state index in [9.17, 15) is 9.59 Å². The number of carbonyl (C=O) groups excluding carboxylic acids is 2. The Morgan fingerprint density at radius 3 is 2.39 bits per heavy atom. The van der Waals surface area contributed by atoms with Gasteiger partial charge in [-0.25, -0.2) is 0 Å². The van der Waals surface area contributed by atoms with Crippen molar-refractivity contribution in [3.8, 4) is 0 Å². The number of pyridine rings is 1. The van der Waals surface area contributed by atoms with Crippen molar-refractivity contribution in [2.45, 2.75) is 46.2 Å². The van der Waals surface area contributed by atoms with E-state index in [1.807, 2.05) is 54.0 Å². The standard InChI is InChI=1S/C23H29N3O2/c1-17(2)26(16-19-7-5-4-6-8-19)23(28)21-13-20(14-24-15-21)22(27)25-11-9-18(3)10-12-25/h4-8,13-15,17-18H,9-12,16H2,1-3H3. The third kappa shape index (κ3) is 4.77. The Morgan fingerprint density at radius 2 is 1.75 bits per heavy atom. The van der Waals surface area contributed by atoms with E-state index in [0.29, 0.717) is 23.6 Å². The molecule has 0 bridgehead atoms. The number of hydrogen-bond donors (Lipinski definition) is 0. The monoisotopic (exact) mass is 379 g/mol. The van der Waals surface area contributed by atoms with Crippen LogP contribution in [0.2, 0.25) is 0 Å². The van der Waals surface area contributed by atoms with Crippen molar-refractivity contribution >= 4 is 11.8 Å². The largest absolute Gasteiger partial charge is 0.339 e. The third-order valence-electron chi connectivity index (χ3n) is 5.38. The molecule has 1 aromatic carbocycles. The van der Waals surface area contributed by atoms with Gasteiger partial charge < -0.3 is 9.80 Å². The van der Waals surface area contributed by atoms with Gasteiger partial charge in [0.1, 0.15) is 0 Å². The number of likely N-dealkylation sites (tertiary alicyclic amines) is 1. The Labute approximate surface area is 167 Å². The molecule has 0 saturated carbocycles. The Balaban J connectivity index is 1.77. The summed E-state index contributed by atoms with van der Waals surface area (Å²) in [4.78, 5) is 33.9. The summed E-state index contributed by atoms with van der Waals surface area (Å²) in [6.45, 7) is 8.28. The van der Waals surface area contributed by atoms with Crippen LogP contribution in [0.4, 0.5) is 0 Å². The molecule has 5 heteroatoms. The predicted molar refractivity (Wildman–Crippen MR) is 110 cm³/mol. The van der Waals surface area contributed by atoms with Crippen LogP contribution in [0.25, 0.3) is 0 Å². The molecule has 1 aliphatic rings.